The highest BCUT2D eigenvalue weighted by Gasteiger charge is 2.15. The Balaban J connectivity index is 1.78. The van der Waals surface area contributed by atoms with E-state index in [0.29, 0.717) is 5.56 Å². The molecule has 0 bridgehead atoms. The number of carbonyl (C=O) groups excluding carboxylic acids is 1. The van der Waals surface area contributed by atoms with Crippen LogP contribution in [0.1, 0.15) is 38.4 Å². The molecule has 3 aromatic rings. The molecule has 7 heteroatoms. The average molecular weight is 390 g/mol. The Hall–Kier alpha value is -3.74. The molecule has 0 aliphatic heterocycles. The van der Waals surface area contributed by atoms with Gasteiger partial charge in [0.1, 0.15) is 0 Å². The van der Waals surface area contributed by atoms with Gasteiger partial charge >= 0.3 is 0 Å². The van der Waals surface area contributed by atoms with Gasteiger partial charge in [0.25, 0.3) is 11.6 Å². The number of nitrogens with zero attached hydrogens (tertiary/aromatic N) is 3. The molecular formula is C22H22N4O3. The number of hydrogen-bond acceptors (Lipinski definition) is 4. The highest BCUT2D eigenvalue weighted by atomic mass is 16.6. The smallest absolute Gasteiger partial charge is 0.273 e. The third kappa shape index (κ3) is 4.24. The monoisotopic (exact) mass is 390 g/mol. The van der Waals surface area contributed by atoms with Crippen molar-refractivity contribution in [3.05, 3.63) is 92.3 Å². The second-order valence-corrected chi connectivity index (χ2v) is 6.95. The summed E-state index contributed by atoms with van der Waals surface area (Å²) in [5.41, 5.74) is 8.19. The predicted octanol–water partition coefficient (Wildman–Crippen LogP) is 4.38. The number of amides is 1. The highest BCUT2D eigenvalue weighted by Crippen LogP contribution is 2.21. The fourth-order valence-electron chi connectivity index (χ4n) is 3.18. The number of nitro groups is 1. The van der Waals surface area contributed by atoms with Crippen molar-refractivity contribution >= 4 is 17.8 Å². The third-order valence-corrected chi connectivity index (χ3v) is 4.80. The maximum absolute atomic E-state index is 12.3. The van der Waals surface area contributed by atoms with Gasteiger partial charge in [-0.1, -0.05) is 23.8 Å². The van der Waals surface area contributed by atoms with Gasteiger partial charge in [0, 0.05) is 39.8 Å². The van der Waals surface area contributed by atoms with Gasteiger partial charge in [0.2, 0.25) is 0 Å². The van der Waals surface area contributed by atoms with Gasteiger partial charge in [-0.25, -0.2) is 5.43 Å². The number of aryl methyl sites for hydroxylation is 3. The van der Waals surface area contributed by atoms with E-state index in [1.54, 1.807) is 19.2 Å². The molecule has 0 saturated heterocycles. The summed E-state index contributed by atoms with van der Waals surface area (Å²) in [6, 6.07) is 14.6. The molecule has 0 radical (unpaired) electrons. The largest absolute Gasteiger partial charge is 0.318 e. The number of nitrogens with one attached hydrogen (secondary N) is 1. The lowest BCUT2D eigenvalue weighted by atomic mass is 10.1. The first-order valence-electron chi connectivity index (χ1n) is 9.12. The highest BCUT2D eigenvalue weighted by molar-refractivity contribution is 5.95. The molecule has 0 aliphatic rings. The molecule has 29 heavy (non-hydrogen) atoms. The summed E-state index contributed by atoms with van der Waals surface area (Å²) >= 11 is 0. The van der Waals surface area contributed by atoms with Crippen molar-refractivity contribution in [2.24, 2.45) is 5.10 Å². The number of benzene rings is 2. The Kier molecular flexibility index (Phi) is 5.59. The van der Waals surface area contributed by atoms with E-state index in [9.17, 15) is 14.9 Å². The SMILES string of the molecule is Cc1ccc(-n2c(C)cc(/C=N\NC(=O)c3ccc(C)c([N+](=O)[O-])c3)c2C)cc1. The quantitative estimate of drug-likeness (QED) is 0.398. The minimum Gasteiger partial charge on any atom is -0.318 e. The Morgan fingerprint density at radius 2 is 1.76 bits per heavy atom. The predicted molar refractivity (Wildman–Crippen MR) is 113 cm³/mol. The molecule has 0 fully saturated rings. The lowest BCUT2D eigenvalue weighted by molar-refractivity contribution is -0.385. The average Bonchev–Trinajstić information content (AvgIpc) is 2.96. The topological polar surface area (TPSA) is 89.5 Å². The van der Waals surface area contributed by atoms with Crippen LogP contribution in [0.25, 0.3) is 5.69 Å². The number of hydrazone groups is 1. The Morgan fingerprint density at radius 3 is 2.41 bits per heavy atom. The summed E-state index contributed by atoms with van der Waals surface area (Å²) in [4.78, 5) is 22.8. The van der Waals surface area contributed by atoms with Crippen LogP contribution < -0.4 is 5.43 Å². The second-order valence-electron chi connectivity index (χ2n) is 6.95. The van der Waals surface area contributed by atoms with Crippen LogP contribution in [-0.2, 0) is 0 Å². The van der Waals surface area contributed by atoms with E-state index in [-0.39, 0.29) is 11.3 Å². The molecule has 0 aliphatic carbocycles. The van der Waals surface area contributed by atoms with E-state index in [0.717, 1.165) is 22.6 Å². The Bertz CT molecular complexity index is 1110. The molecule has 0 unspecified atom stereocenters. The summed E-state index contributed by atoms with van der Waals surface area (Å²) in [6.07, 6.45) is 1.58. The van der Waals surface area contributed by atoms with E-state index in [1.807, 2.05) is 26.8 Å². The minimum absolute atomic E-state index is 0.0942. The molecule has 3 rings (SSSR count). The standard InChI is InChI=1S/C22H22N4O3/c1-14-5-9-20(10-6-14)25-16(3)11-19(17(25)4)13-23-24-22(27)18-8-7-15(2)21(12-18)26(28)29/h5-13H,1-4H3,(H,24,27)/b23-13-. The van der Waals surface area contributed by atoms with Crippen molar-refractivity contribution in [1.82, 2.24) is 9.99 Å². The van der Waals surface area contributed by atoms with Gasteiger partial charge in [0.15, 0.2) is 0 Å². The molecule has 1 heterocycles. The van der Waals surface area contributed by atoms with Crippen LogP contribution >= 0.6 is 0 Å². The zero-order chi connectivity index (χ0) is 21.1. The summed E-state index contributed by atoms with van der Waals surface area (Å²) in [5.74, 6) is -0.503. The Morgan fingerprint density at radius 1 is 1.07 bits per heavy atom. The van der Waals surface area contributed by atoms with Gasteiger partial charge in [-0.15, -0.1) is 0 Å². The van der Waals surface area contributed by atoms with E-state index in [1.165, 1.54) is 17.7 Å². The van der Waals surface area contributed by atoms with Crippen molar-refractivity contribution in [3.63, 3.8) is 0 Å². The normalized spacial score (nSPS) is 11.0. The maximum atomic E-state index is 12.3. The van der Waals surface area contributed by atoms with E-state index in [2.05, 4.69) is 39.4 Å². The first kappa shape index (κ1) is 20.0. The minimum atomic E-state index is -0.505. The van der Waals surface area contributed by atoms with E-state index < -0.39 is 10.8 Å². The Labute approximate surface area is 168 Å². The summed E-state index contributed by atoms with van der Waals surface area (Å²) in [6.45, 7) is 7.66. The van der Waals surface area contributed by atoms with Crippen LogP contribution in [0.3, 0.4) is 0 Å². The summed E-state index contributed by atoms with van der Waals surface area (Å²) in [5, 5.41) is 15.1. The molecule has 0 saturated carbocycles. The molecule has 0 spiro atoms. The number of hydrogen-bond donors (Lipinski definition) is 1. The molecule has 7 nitrogen and oxygen atoms in total. The number of aromatic nitrogens is 1. The van der Waals surface area contributed by atoms with Gasteiger partial charge in [-0.05, 0) is 52.0 Å². The summed E-state index contributed by atoms with van der Waals surface area (Å²) in [7, 11) is 0. The zero-order valence-electron chi connectivity index (χ0n) is 16.8. The van der Waals surface area contributed by atoms with Crippen molar-refractivity contribution in [3.8, 4) is 5.69 Å². The number of rotatable bonds is 5. The van der Waals surface area contributed by atoms with Crippen LogP contribution in [0, 0.1) is 37.8 Å². The lowest BCUT2D eigenvalue weighted by Crippen LogP contribution is -2.18. The van der Waals surface area contributed by atoms with E-state index in [4.69, 9.17) is 0 Å². The van der Waals surface area contributed by atoms with Gasteiger partial charge < -0.3 is 4.57 Å². The van der Waals surface area contributed by atoms with Gasteiger partial charge in [0.05, 0.1) is 11.1 Å². The van der Waals surface area contributed by atoms with Crippen LogP contribution in [0.4, 0.5) is 5.69 Å². The molecule has 1 N–H and O–H groups in total. The zero-order valence-corrected chi connectivity index (χ0v) is 16.8. The second kappa shape index (κ2) is 8.10. The fraction of sp³-hybridized carbons (Fsp3) is 0.182. The van der Waals surface area contributed by atoms with Crippen molar-refractivity contribution in [2.45, 2.75) is 27.7 Å². The van der Waals surface area contributed by atoms with E-state index >= 15 is 0 Å². The van der Waals surface area contributed by atoms with Gasteiger partial charge in [-0.3, -0.25) is 14.9 Å². The van der Waals surface area contributed by atoms with Gasteiger partial charge in [-0.2, -0.15) is 5.10 Å². The van der Waals surface area contributed by atoms with Crippen molar-refractivity contribution in [2.75, 3.05) is 0 Å². The molecule has 1 aromatic heterocycles. The molecule has 0 atom stereocenters. The van der Waals surface area contributed by atoms with Crippen LogP contribution in [0.5, 0.6) is 0 Å². The van der Waals surface area contributed by atoms with Crippen LogP contribution in [0.2, 0.25) is 0 Å². The maximum Gasteiger partial charge on any atom is 0.273 e. The first-order chi connectivity index (χ1) is 13.8. The third-order valence-electron chi connectivity index (χ3n) is 4.80. The molecule has 148 valence electrons. The lowest BCUT2D eigenvalue weighted by Gasteiger charge is -2.09. The molecule has 1 amide bonds. The number of carbonyl (C=O) groups is 1. The summed E-state index contributed by atoms with van der Waals surface area (Å²) < 4.78 is 2.12. The first-order valence-corrected chi connectivity index (χ1v) is 9.12. The molecule has 2 aromatic carbocycles. The fourth-order valence-corrected chi connectivity index (χ4v) is 3.18. The molecular weight excluding hydrogens is 368 g/mol. The number of nitro benzene ring substituents is 1. The van der Waals surface area contributed by atoms with Crippen LogP contribution in [-0.4, -0.2) is 21.6 Å². The van der Waals surface area contributed by atoms with Crippen LogP contribution in [0.15, 0.2) is 53.6 Å². The van der Waals surface area contributed by atoms with Crippen molar-refractivity contribution < 1.29 is 9.72 Å². The van der Waals surface area contributed by atoms with Crippen molar-refractivity contribution in [1.29, 1.82) is 0 Å².